The van der Waals surface area contributed by atoms with Crippen LogP contribution in [-0.2, 0) is 0 Å². The lowest BCUT2D eigenvalue weighted by Gasteiger charge is -2.21. The molecule has 2 aliphatic heterocycles. The number of pyridine rings is 1. The van der Waals surface area contributed by atoms with Gasteiger partial charge >= 0.3 is 0 Å². The summed E-state index contributed by atoms with van der Waals surface area (Å²) in [4.78, 5) is 19.0. The Bertz CT molecular complexity index is 469. The number of rotatable bonds is 3. The van der Waals surface area contributed by atoms with E-state index in [1.165, 1.54) is 25.7 Å². The number of amides is 1. The Balaban J connectivity index is 0.00000132. The maximum atomic E-state index is 12.2. The summed E-state index contributed by atoms with van der Waals surface area (Å²) < 4.78 is 0. The molecule has 1 amide bonds. The molecule has 0 aliphatic carbocycles. The average molecular weight is 361 g/mol. The van der Waals surface area contributed by atoms with Crippen LogP contribution < -0.4 is 15.5 Å². The number of anilines is 1. The molecule has 0 spiro atoms. The van der Waals surface area contributed by atoms with Gasteiger partial charge in [-0.05, 0) is 37.9 Å². The van der Waals surface area contributed by atoms with Gasteiger partial charge in [0.1, 0.15) is 5.82 Å². The lowest BCUT2D eigenvalue weighted by Crippen LogP contribution is -2.36. The number of hydrogen-bond acceptors (Lipinski definition) is 4. The minimum absolute atomic E-state index is 0. The van der Waals surface area contributed by atoms with Gasteiger partial charge in [0.05, 0.1) is 5.56 Å². The number of halogens is 2. The number of nitrogens with zero attached hydrogens (tertiary/aromatic N) is 2. The van der Waals surface area contributed by atoms with Crippen LogP contribution in [0.15, 0.2) is 18.3 Å². The molecule has 1 unspecified atom stereocenters. The summed E-state index contributed by atoms with van der Waals surface area (Å²) in [5, 5.41) is 6.30. The first kappa shape index (κ1) is 20.0. The second-order valence-corrected chi connectivity index (χ2v) is 5.97. The Morgan fingerprint density at radius 2 is 1.91 bits per heavy atom. The average Bonchev–Trinajstić information content (AvgIpc) is 2.87. The van der Waals surface area contributed by atoms with Crippen molar-refractivity contribution in [1.82, 2.24) is 15.6 Å². The predicted octanol–water partition coefficient (Wildman–Crippen LogP) is 2.40. The summed E-state index contributed by atoms with van der Waals surface area (Å²) in [6.45, 7) is 4.00. The SMILES string of the molecule is Cl.Cl.O=C(NC1CCNC1)c1ccc(N2CCCCCC2)nc1. The monoisotopic (exact) mass is 360 g/mol. The van der Waals surface area contributed by atoms with Crippen LogP contribution in [0.5, 0.6) is 0 Å². The Labute approximate surface area is 150 Å². The first-order valence-corrected chi connectivity index (χ1v) is 8.05. The second-order valence-electron chi connectivity index (χ2n) is 5.97. The van der Waals surface area contributed by atoms with E-state index in [0.29, 0.717) is 5.56 Å². The van der Waals surface area contributed by atoms with Crippen LogP contribution in [0.2, 0.25) is 0 Å². The van der Waals surface area contributed by atoms with Crippen molar-refractivity contribution >= 4 is 36.5 Å². The minimum Gasteiger partial charge on any atom is -0.357 e. The number of carbonyl (C=O) groups is 1. The molecule has 0 bridgehead atoms. The zero-order valence-corrected chi connectivity index (χ0v) is 14.9. The summed E-state index contributed by atoms with van der Waals surface area (Å²) in [6, 6.07) is 4.13. The van der Waals surface area contributed by atoms with Gasteiger partial charge in [-0.15, -0.1) is 24.8 Å². The summed E-state index contributed by atoms with van der Waals surface area (Å²) in [5.74, 6) is 0.981. The standard InChI is InChI=1S/C16H24N4O.2ClH/c21-16(19-14-7-8-17-12-14)13-5-6-15(18-11-13)20-9-3-1-2-4-10-20;;/h5-6,11,14,17H,1-4,7-10,12H2,(H,19,21);2*1H. The molecular weight excluding hydrogens is 335 g/mol. The summed E-state index contributed by atoms with van der Waals surface area (Å²) >= 11 is 0. The highest BCUT2D eigenvalue weighted by Gasteiger charge is 2.18. The third-order valence-corrected chi connectivity index (χ3v) is 4.34. The molecule has 7 heteroatoms. The van der Waals surface area contributed by atoms with Gasteiger partial charge < -0.3 is 15.5 Å². The van der Waals surface area contributed by atoms with E-state index in [2.05, 4.69) is 20.5 Å². The molecule has 0 radical (unpaired) electrons. The molecule has 2 fully saturated rings. The lowest BCUT2D eigenvalue weighted by atomic mass is 10.2. The molecule has 130 valence electrons. The molecule has 2 saturated heterocycles. The third kappa shape index (κ3) is 5.52. The van der Waals surface area contributed by atoms with Crippen molar-refractivity contribution in [1.29, 1.82) is 0 Å². The molecule has 2 N–H and O–H groups in total. The highest BCUT2D eigenvalue weighted by molar-refractivity contribution is 5.94. The molecule has 1 atom stereocenters. The van der Waals surface area contributed by atoms with Crippen molar-refractivity contribution < 1.29 is 4.79 Å². The molecule has 2 aliphatic rings. The second kappa shape index (κ2) is 9.96. The zero-order valence-electron chi connectivity index (χ0n) is 13.3. The smallest absolute Gasteiger partial charge is 0.253 e. The molecule has 0 aromatic carbocycles. The maximum absolute atomic E-state index is 12.2. The number of aromatic nitrogens is 1. The van der Waals surface area contributed by atoms with Gasteiger partial charge in [-0.3, -0.25) is 4.79 Å². The van der Waals surface area contributed by atoms with E-state index in [9.17, 15) is 4.79 Å². The van der Waals surface area contributed by atoms with Crippen LogP contribution in [0.3, 0.4) is 0 Å². The van der Waals surface area contributed by atoms with Crippen molar-refractivity contribution in [2.24, 2.45) is 0 Å². The first-order valence-electron chi connectivity index (χ1n) is 8.05. The Morgan fingerprint density at radius 1 is 1.17 bits per heavy atom. The minimum atomic E-state index is -0.0152. The van der Waals surface area contributed by atoms with Crippen LogP contribution in [0.4, 0.5) is 5.82 Å². The largest absolute Gasteiger partial charge is 0.357 e. The third-order valence-electron chi connectivity index (χ3n) is 4.34. The van der Waals surface area contributed by atoms with Crippen molar-refractivity contribution in [3.63, 3.8) is 0 Å². The fraction of sp³-hybridized carbons (Fsp3) is 0.625. The van der Waals surface area contributed by atoms with Crippen molar-refractivity contribution in [3.8, 4) is 0 Å². The highest BCUT2D eigenvalue weighted by Crippen LogP contribution is 2.17. The molecule has 5 nitrogen and oxygen atoms in total. The van der Waals surface area contributed by atoms with Gasteiger partial charge in [-0.1, -0.05) is 12.8 Å². The quantitative estimate of drug-likeness (QED) is 0.868. The van der Waals surface area contributed by atoms with E-state index in [4.69, 9.17) is 0 Å². The van der Waals surface area contributed by atoms with Crippen LogP contribution in [-0.4, -0.2) is 43.1 Å². The fourth-order valence-electron chi connectivity index (χ4n) is 3.05. The predicted molar refractivity (Wildman–Crippen MR) is 98.2 cm³/mol. The number of hydrogen-bond donors (Lipinski definition) is 2. The molecule has 3 rings (SSSR count). The van der Waals surface area contributed by atoms with Gasteiger partial charge in [0.25, 0.3) is 5.91 Å². The summed E-state index contributed by atoms with van der Waals surface area (Å²) in [7, 11) is 0. The summed E-state index contributed by atoms with van der Waals surface area (Å²) in [5.41, 5.74) is 0.653. The van der Waals surface area contributed by atoms with E-state index in [1.807, 2.05) is 12.1 Å². The van der Waals surface area contributed by atoms with Crippen molar-refractivity contribution in [2.75, 3.05) is 31.1 Å². The van der Waals surface area contributed by atoms with E-state index in [1.54, 1.807) is 6.20 Å². The summed E-state index contributed by atoms with van der Waals surface area (Å²) in [6.07, 6.45) is 7.80. The molecular formula is C16H26Cl2N4O. The van der Waals surface area contributed by atoms with Crippen LogP contribution in [0.1, 0.15) is 42.5 Å². The number of nitrogens with one attached hydrogen (secondary N) is 2. The highest BCUT2D eigenvalue weighted by atomic mass is 35.5. The fourth-order valence-corrected chi connectivity index (χ4v) is 3.05. The van der Waals surface area contributed by atoms with E-state index in [-0.39, 0.29) is 36.8 Å². The van der Waals surface area contributed by atoms with Crippen molar-refractivity contribution in [3.05, 3.63) is 23.9 Å². The molecule has 0 saturated carbocycles. The van der Waals surface area contributed by atoms with E-state index < -0.39 is 0 Å². The van der Waals surface area contributed by atoms with Gasteiger partial charge in [0.15, 0.2) is 0 Å². The molecule has 3 heterocycles. The van der Waals surface area contributed by atoms with Crippen LogP contribution in [0, 0.1) is 0 Å². The molecule has 1 aromatic rings. The van der Waals surface area contributed by atoms with E-state index >= 15 is 0 Å². The van der Waals surface area contributed by atoms with Crippen LogP contribution >= 0.6 is 24.8 Å². The first-order chi connectivity index (χ1) is 10.3. The lowest BCUT2D eigenvalue weighted by molar-refractivity contribution is 0.0939. The van der Waals surface area contributed by atoms with Crippen LogP contribution in [0.25, 0.3) is 0 Å². The van der Waals surface area contributed by atoms with E-state index in [0.717, 1.165) is 38.4 Å². The molecule has 23 heavy (non-hydrogen) atoms. The van der Waals surface area contributed by atoms with Gasteiger partial charge in [-0.25, -0.2) is 4.98 Å². The Morgan fingerprint density at radius 3 is 2.48 bits per heavy atom. The van der Waals surface area contributed by atoms with Gasteiger partial charge in [0, 0.05) is 31.9 Å². The maximum Gasteiger partial charge on any atom is 0.253 e. The Kier molecular flexibility index (Phi) is 8.66. The normalized spacial score (nSPS) is 20.9. The number of carbonyl (C=O) groups excluding carboxylic acids is 1. The zero-order chi connectivity index (χ0) is 14.5. The van der Waals surface area contributed by atoms with Gasteiger partial charge in [0.2, 0.25) is 0 Å². The Hall–Kier alpha value is -1.04. The molecule has 1 aromatic heterocycles. The van der Waals surface area contributed by atoms with Gasteiger partial charge in [-0.2, -0.15) is 0 Å². The topological polar surface area (TPSA) is 57.3 Å². The van der Waals surface area contributed by atoms with Crippen molar-refractivity contribution in [2.45, 2.75) is 38.1 Å².